The molecule has 1 aliphatic rings. The van der Waals surface area contributed by atoms with Crippen molar-refractivity contribution >= 4 is 33.8 Å². The van der Waals surface area contributed by atoms with Crippen LogP contribution in [0.15, 0.2) is 12.7 Å². The summed E-state index contributed by atoms with van der Waals surface area (Å²) in [5, 5.41) is 29.9. The quantitative estimate of drug-likeness (QED) is 0.162. The maximum Gasteiger partial charge on any atom is 0.320 e. The van der Waals surface area contributed by atoms with Crippen molar-refractivity contribution in [1.29, 1.82) is 0 Å². The average Bonchev–Trinajstić information content (AvgIpc) is 3.21. The number of hydrogen-bond donors (Lipinski definition) is 5. The van der Waals surface area contributed by atoms with E-state index in [1.165, 1.54) is 17.2 Å². The smallest absolute Gasteiger partial charge is 0.320 e. The van der Waals surface area contributed by atoms with Crippen molar-refractivity contribution in [2.24, 2.45) is 5.73 Å². The summed E-state index contributed by atoms with van der Waals surface area (Å²) in [5.74, 6) is 1.12. The number of carboxylic acid groups (broad SMARTS) is 1. The average molecular weight is 540 g/mol. The van der Waals surface area contributed by atoms with Crippen LogP contribution in [0.5, 0.6) is 0 Å². The molecular formula is C16H25IN6O5S. The van der Waals surface area contributed by atoms with Gasteiger partial charge in [0.1, 0.15) is 53.5 Å². The van der Waals surface area contributed by atoms with Crippen LogP contribution < -0.4 is 35.4 Å². The van der Waals surface area contributed by atoms with Crippen LogP contribution in [0, 0.1) is 0 Å². The Balaban J connectivity index is 0.00000300. The second kappa shape index (κ2) is 10.2. The number of imidazole rings is 1. The summed E-state index contributed by atoms with van der Waals surface area (Å²) in [6, 6.07) is -0.906. The molecule has 2 aromatic heterocycles. The fourth-order valence-corrected chi connectivity index (χ4v) is 5.17. The highest BCUT2D eigenvalue weighted by molar-refractivity contribution is 7.96. The molecule has 1 saturated heterocycles. The Morgan fingerprint density at radius 1 is 1.34 bits per heavy atom. The van der Waals surface area contributed by atoms with E-state index in [0.717, 1.165) is 5.75 Å². The normalized spacial score (nSPS) is 26.2. The summed E-state index contributed by atoms with van der Waals surface area (Å²) in [6.07, 6.45) is -0.610. The van der Waals surface area contributed by atoms with E-state index in [9.17, 15) is 15.0 Å². The van der Waals surface area contributed by atoms with Crippen LogP contribution in [0.25, 0.3) is 11.2 Å². The number of nitrogens with zero attached hydrogens (tertiary/aromatic N) is 4. The Hall–Kier alpha value is -1.26. The Labute approximate surface area is 187 Å². The zero-order chi connectivity index (χ0) is 20.4. The van der Waals surface area contributed by atoms with Gasteiger partial charge in [-0.25, -0.2) is 15.0 Å². The van der Waals surface area contributed by atoms with Crippen LogP contribution >= 0.6 is 0 Å². The van der Waals surface area contributed by atoms with Crippen molar-refractivity contribution in [2.75, 3.05) is 23.0 Å². The van der Waals surface area contributed by atoms with E-state index in [-0.39, 0.29) is 40.7 Å². The van der Waals surface area contributed by atoms with Gasteiger partial charge in [-0.15, -0.1) is 0 Å². The largest absolute Gasteiger partial charge is 1.00 e. The summed E-state index contributed by atoms with van der Waals surface area (Å²) in [6.45, 7) is 1.99. The van der Waals surface area contributed by atoms with Crippen LogP contribution in [-0.4, -0.2) is 82.4 Å². The maximum atomic E-state index is 10.9. The topological polar surface area (TPSA) is 183 Å². The molecule has 1 unspecified atom stereocenters. The molecule has 0 radical (unpaired) electrons. The van der Waals surface area contributed by atoms with E-state index in [2.05, 4.69) is 15.0 Å². The van der Waals surface area contributed by atoms with Gasteiger partial charge < -0.3 is 55.5 Å². The molecule has 0 aliphatic carbocycles. The van der Waals surface area contributed by atoms with E-state index < -0.39 is 36.6 Å². The second-order valence-electron chi connectivity index (χ2n) is 6.63. The van der Waals surface area contributed by atoms with Crippen molar-refractivity contribution in [3.63, 3.8) is 0 Å². The third-order valence-corrected chi connectivity index (χ3v) is 7.27. The Bertz CT molecular complexity index is 841. The Kier molecular flexibility index (Phi) is 8.42. The number of carboxylic acids is 1. The minimum absolute atomic E-state index is 0. The fraction of sp³-hybridized carbons (Fsp3) is 0.625. The van der Waals surface area contributed by atoms with Crippen LogP contribution in [0.2, 0.25) is 0 Å². The number of nitrogen functional groups attached to an aromatic ring is 1. The van der Waals surface area contributed by atoms with Gasteiger partial charge in [0.2, 0.25) is 0 Å². The van der Waals surface area contributed by atoms with E-state index in [4.69, 9.17) is 21.3 Å². The SMILES string of the molecule is CC[S+](CC[C@H](N)C(=O)O)C[C@H]1O[C@@H](n2cnc3c(N)ncnc32)[C@H](O)[C@@H]1O.[I-]. The molecule has 0 spiro atoms. The molecule has 1 fully saturated rings. The molecule has 7 N–H and O–H groups in total. The highest BCUT2D eigenvalue weighted by Crippen LogP contribution is 2.32. The van der Waals surface area contributed by atoms with Gasteiger partial charge in [0.05, 0.1) is 6.33 Å². The van der Waals surface area contributed by atoms with Crippen molar-refractivity contribution in [1.82, 2.24) is 19.5 Å². The van der Waals surface area contributed by atoms with Gasteiger partial charge in [0, 0.05) is 6.42 Å². The lowest BCUT2D eigenvalue weighted by molar-refractivity contribution is -0.138. The predicted molar refractivity (Wildman–Crippen MR) is 104 cm³/mol. The first-order valence-electron chi connectivity index (χ1n) is 8.90. The van der Waals surface area contributed by atoms with Crippen LogP contribution in [-0.2, 0) is 20.4 Å². The molecule has 29 heavy (non-hydrogen) atoms. The number of aliphatic hydroxyl groups excluding tert-OH is 2. The lowest BCUT2D eigenvalue weighted by atomic mass is 10.1. The molecule has 11 nitrogen and oxygen atoms in total. The van der Waals surface area contributed by atoms with E-state index in [1.807, 2.05) is 6.92 Å². The minimum atomic E-state index is -1.16. The highest BCUT2D eigenvalue weighted by Gasteiger charge is 2.47. The Morgan fingerprint density at radius 3 is 2.72 bits per heavy atom. The number of aromatic nitrogens is 4. The standard InChI is InChI=1S/C16H24N6O5S.HI/c1-2-28(4-3-8(17)16(25)26)5-9-11(23)12(24)15(27-9)22-7-21-10-13(18)19-6-20-14(10)22;/h6-9,11-12,15,23-24H,2-5,17H2,1H3,(H2-,18,19,20,25,26);1H/t8-,9+,11+,12+,15+,28?;/m0./s1. The number of fused-ring (bicyclic) bond motifs is 1. The number of aliphatic hydroxyl groups is 2. The maximum absolute atomic E-state index is 10.9. The van der Waals surface area contributed by atoms with Gasteiger partial charge in [0.15, 0.2) is 17.7 Å². The first-order chi connectivity index (χ1) is 13.3. The van der Waals surface area contributed by atoms with Gasteiger partial charge in [-0.05, 0) is 17.8 Å². The van der Waals surface area contributed by atoms with Crippen LogP contribution in [0.4, 0.5) is 5.82 Å². The summed E-state index contributed by atoms with van der Waals surface area (Å²) in [4.78, 5) is 23.1. The molecule has 13 heteroatoms. The summed E-state index contributed by atoms with van der Waals surface area (Å²) in [5.41, 5.74) is 12.2. The number of nitrogens with two attached hydrogens (primary N) is 2. The summed E-state index contributed by atoms with van der Waals surface area (Å²) in [7, 11) is -0.196. The number of anilines is 1. The molecule has 1 aliphatic heterocycles. The summed E-state index contributed by atoms with van der Waals surface area (Å²) < 4.78 is 7.48. The van der Waals surface area contributed by atoms with E-state index in [1.54, 1.807) is 0 Å². The molecule has 6 atom stereocenters. The van der Waals surface area contributed by atoms with Gasteiger partial charge in [-0.2, -0.15) is 0 Å². The molecule has 0 aromatic carbocycles. The molecule has 3 rings (SSSR count). The molecular weight excluding hydrogens is 515 g/mol. The molecule has 0 saturated carbocycles. The number of ether oxygens (including phenoxy) is 1. The van der Waals surface area contributed by atoms with Crippen molar-refractivity contribution in [3.05, 3.63) is 12.7 Å². The molecule has 162 valence electrons. The minimum Gasteiger partial charge on any atom is -1.00 e. The van der Waals surface area contributed by atoms with Gasteiger partial charge in [0.25, 0.3) is 0 Å². The third-order valence-electron chi connectivity index (χ3n) is 4.84. The van der Waals surface area contributed by atoms with E-state index >= 15 is 0 Å². The number of halogens is 1. The number of hydrogen-bond acceptors (Lipinski definition) is 9. The lowest BCUT2D eigenvalue weighted by Crippen LogP contribution is -3.00. The second-order valence-corrected chi connectivity index (χ2v) is 9.18. The van der Waals surface area contributed by atoms with Crippen LogP contribution in [0.1, 0.15) is 19.6 Å². The van der Waals surface area contributed by atoms with Gasteiger partial charge in [-0.3, -0.25) is 9.36 Å². The van der Waals surface area contributed by atoms with Crippen LogP contribution in [0.3, 0.4) is 0 Å². The molecule has 2 aromatic rings. The zero-order valence-corrected chi connectivity index (χ0v) is 18.7. The highest BCUT2D eigenvalue weighted by atomic mass is 127. The molecule has 0 bridgehead atoms. The molecule has 3 heterocycles. The first kappa shape index (κ1) is 24.0. The number of rotatable bonds is 8. The third kappa shape index (κ3) is 5.08. The first-order valence-corrected chi connectivity index (χ1v) is 10.6. The zero-order valence-electron chi connectivity index (χ0n) is 15.8. The monoisotopic (exact) mass is 540 g/mol. The Morgan fingerprint density at radius 2 is 2.07 bits per heavy atom. The molecule has 0 amide bonds. The number of aliphatic carboxylic acids is 1. The lowest BCUT2D eigenvalue weighted by Gasteiger charge is -2.16. The van der Waals surface area contributed by atoms with Crippen molar-refractivity contribution < 1.29 is 48.8 Å². The van der Waals surface area contributed by atoms with E-state index in [0.29, 0.717) is 29.1 Å². The fourth-order valence-electron chi connectivity index (χ4n) is 3.15. The van der Waals surface area contributed by atoms with Gasteiger partial charge in [-0.1, -0.05) is 0 Å². The number of carbonyl (C=O) groups is 1. The van der Waals surface area contributed by atoms with Gasteiger partial charge >= 0.3 is 5.97 Å². The van der Waals surface area contributed by atoms with Crippen molar-refractivity contribution in [3.8, 4) is 0 Å². The van der Waals surface area contributed by atoms with Crippen molar-refractivity contribution in [2.45, 2.75) is 43.9 Å². The summed E-state index contributed by atoms with van der Waals surface area (Å²) >= 11 is 0. The predicted octanol–water partition coefficient (Wildman–Crippen LogP) is -4.53.